The van der Waals surface area contributed by atoms with Gasteiger partial charge in [0.15, 0.2) is 5.96 Å². The number of benzene rings is 1. The summed E-state index contributed by atoms with van der Waals surface area (Å²) in [6.45, 7) is 2.97. The molecule has 0 saturated heterocycles. The largest absolute Gasteiger partial charge is 0.356 e. The minimum absolute atomic E-state index is 0.896. The van der Waals surface area contributed by atoms with E-state index in [-0.39, 0.29) is 0 Å². The molecule has 0 spiro atoms. The molecule has 6 heteroatoms. The Morgan fingerprint density at radius 3 is 2.96 bits per heavy atom. The van der Waals surface area contributed by atoms with Crippen LogP contribution in [0, 0.1) is 0 Å². The van der Waals surface area contributed by atoms with Crippen LogP contribution in [0.4, 0.5) is 5.69 Å². The van der Waals surface area contributed by atoms with Gasteiger partial charge in [0, 0.05) is 45.2 Å². The number of hydrogen-bond donors (Lipinski definition) is 1. The topological polar surface area (TPSA) is 58.3 Å². The van der Waals surface area contributed by atoms with E-state index in [4.69, 9.17) is 0 Å². The average Bonchev–Trinajstić information content (AvgIpc) is 3.19. The van der Waals surface area contributed by atoms with E-state index in [0.29, 0.717) is 0 Å². The molecule has 0 saturated carbocycles. The van der Waals surface area contributed by atoms with Crippen LogP contribution in [0.25, 0.3) is 0 Å². The zero-order valence-corrected chi connectivity index (χ0v) is 15.6. The third-order valence-electron chi connectivity index (χ3n) is 5.40. The number of fused-ring (bicyclic) bond motifs is 2. The molecule has 2 aliphatic heterocycles. The molecule has 0 amide bonds. The third-order valence-corrected chi connectivity index (χ3v) is 5.40. The summed E-state index contributed by atoms with van der Waals surface area (Å²) in [7, 11) is 1.86. The highest BCUT2D eigenvalue weighted by molar-refractivity contribution is 5.97. The van der Waals surface area contributed by atoms with Crippen molar-refractivity contribution in [3.63, 3.8) is 0 Å². The molecule has 26 heavy (non-hydrogen) atoms. The number of rotatable bonds is 4. The summed E-state index contributed by atoms with van der Waals surface area (Å²) in [4.78, 5) is 6.77. The van der Waals surface area contributed by atoms with E-state index in [1.165, 1.54) is 36.3 Å². The summed E-state index contributed by atoms with van der Waals surface area (Å²) < 4.78 is 2.35. The summed E-state index contributed by atoms with van der Waals surface area (Å²) >= 11 is 0. The first-order valence-electron chi connectivity index (χ1n) is 9.84. The van der Waals surface area contributed by atoms with Crippen molar-refractivity contribution in [2.75, 3.05) is 25.0 Å². The highest BCUT2D eigenvalue weighted by Gasteiger charge is 2.22. The van der Waals surface area contributed by atoms with Crippen molar-refractivity contribution in [3.8, 4) is 0 Å². The Bertz CT molecular complexity index is 778. The molecule has 0 aliphatic carbocycles. The summed E-state index contributed by atoms with van der Waals surface area (Å²) in [6.07, 6.45) is 7.96. The van der Waals surface area contributed by atoms with Crippen LogP contribution in [0.5, 0.6) is 0 Å². The molecular weight excluding hydrogens is 324 g/mol. The summed E-state index contributed by atoms with van der Waals surface area (Å²) in [6, 6.07) is 8.60. The summed E-state index contributed by atoms with van der Waals surface area (Å²) in [5.74, 6) is 3.29. The summed E-state index contributed by atoms with van der Waals surface area (Å²) in [5, 5.41) is 12.3. The molecule has 138 valence electrons. The van der Waals surface area contributed by atoms with Crippen LogP contribution >= 0.6 is 0 Å². The number of aliphatic imine (C=N–C) groups is 1. The van der Waals surface area contributed by atoms with E-state index in [1.54, 1.807) is 0 Å². The first-order chi connectivity index (χ1) is 12.9. The van der Waals surface area contributed by atoms with Crippen LogP contribution in [-0.2, 0) is 25.8 Å². The maximum absolute atomic E-state index is 4.48. The number of hydrogen-bond acceptors (Lipinski definition) is 3. The molecule has 0 unspecified atom stereocenters. The van der Waals surface area contributed by atoms with Gasteiger partial charge in [-0.3, -0.25) is 4.99 Å². The summed E-state index contributed by atoms with van der Waals surface area (Å²) in [5.41, 5.74) is 2.69. The molecule has 4 rings (SSSR count). The first-order valence-corrected chi connectivity index (χ1v) is 9.84. The van der Waals surface area contributed by atoms with Crippen molar-refractivity contribution in [2.24, 2.45) is 4.99 Å². The Kier molecular flexibility index (Phi) is 5.18. The van der Waals surface area contributed by atoms with Gasteiger partial charge in [-0.05, 0) is 37.3 Å². The van der Waals surface area contributed by atoms with Crippen molar-refractivity contribution in [1.29, 1.82) is 0 Å². The monoisotopic (exact) mass is 352 g/mol. The second kappa shape index (κ2) is 7.89. The molecule has 2 aromatic rings. The average molecular weight is 352 g/mol. The lowest BCUT2D eigenvalue weighted by Crippen LogP contribution is -2.41. The van der Waals surface area contributed by atoms with Crippen molar-refractivity contribution in [3.05, 3.63) is 41.5 Å². The molecule has 0 radical (unpaired) electrons. The van der Waals surface area contributed by atoms with E-state index in [0.717, 1.165) is 57.1 Å². The fourth-order valence-corrected chi connectivity index (χ4v) is 4.03. The van der Waals surface area contributed by atoms with E-state index in [1.807, 2.05) is 7.05 Å². The molecule has 1 N–H and O–H groups in total. The van der Waals surface area contributed by atoms with E-state index in [2.05, 4.69) is 54.2 Å². The first kappa shape index (κ1) is 17.1. The van der Waals surface area contributed by atoms with Crippen LogP contribution < -0.4 is 10.2 Å². The van der Waals surface area contributed by atoms with Gasteiger partial charge in [-0.25, -0.2) is 0 Å². The smallest absolute Gasteiger partial charge is 0.198 e. The number of para-hydroxylation sites is 1. The standard InChI is InChI=1S/C20H28N6/c1-21-20(25-15-12-16-8-4-5-9-17(16)25)22-13-7-11-19-24-23-18-10-3-2-6-14-26(18)19/h4-5,8-9H,2-3,6-7,10-15H2,1H3,(H,21,22). The number of nitrogens with one attached hydrogen (secondary N) is 1. The quantitative estimate of drug-likeness (QED) is 0.522. The number of aromatic nitrogens is 3. The maximum atomic E-state index is 4.48. The Morgan fingerprint density at radius 1 is 1.12 bits per heavy atom. The Hall–Kier alpha value is -2.37. The van der Waals surface area contributed by atoms with Crippen LogP contribution in [0.1, 0.15) is 42.9 Å². The predicted octanol–water partition coefficient (Wildman–Crippen LogP) is 2.58. The van der Waals surface area contributed by atoms with Gasteiger partial charge in [0.1, 0.15) is 11.6 Å². The van der Waals surface area contributed by atoms with E-state index >= 15 is 0 Å². The van der Waals surface area contributed by atoms with Gasteiger partial charge in [0.2, 0.25) is 0 Å². The lowest BCUT2D eigenvalue weighted by Gasteiger charge is -2.22. The highest BCUT2D eigenvalue weighted by atomic mass is 15.3. The van der Waals surface area contributed by atoms with E-state index < -0.39 is 0 Å². The lowest BCUT2D eigenvalue weighted by atomic mass is 10.2. The van der Waals surface area contributed by atoms with Crippen LogP contribution in [-0.4, -0.2) is 40.9 Å². The molecule has 0 fully saturated rings. The normalized spacial score (nSPS) is 17.0. The van der Waals surface area contributed by atoms with Crippen molar-refractivity contribution < 1.29 is 0 Å². The number of nitrogens with zero attached hydrogens (tertiary/aromatic N) is 5. The van der Waals surface area contributed by atoms with Gasteiger partial charge in [-0.15, -0.1) is 10.2 Å². The van der Waals surface area contributed by atoms with Gasteiger partial charge in [-0.2, -0.15) is 0 Å². The second-order valence-electron chi connectivity index (χ2n) is 7.10. The zero-order valence-electron chi connectivity index (χ0n) is 15.6. The number of aryl methyl sites for hydroxylation is 2. The molecule has 0 bridgehead atoms. The highest BCUT2D eigenvalue weighted by Crippen LogP contribution is 2.27. The van der Waals surface area contributed by atoms with Crippen molar-refractivity contribution in [1.82, 2.24) is 20.1 Å². The van der Waals surface area contributed by atoms with Crippen LogP contribution in [0.3, 0.4) is 0 Å². The zero-order chi connectivity index (χ0) is 17.8. The molecule has 6 nitrogen and oxygen atoms in total. The third kappa shape index (κ3) is 3.45. The minimum Gasteiger partial charge on any atom is -0.356 e. The molecular formula is C20H28N6. The van der Waals surface area contributed by atoms with Crippen LogP contribution in [0.15, 0.2) is 29.3 Å². The van der Waals surface area contributed by atoms with Gasteiger partial charge >= 0.3 is 0 Å². The van der Waals surface area contributed by atoms with Crippen molar-refractivity contribution in [2.45, 2.75) is 51.5 Å². The maximum Gasteiger partial charge on any atom is 0.198 e. The van der Waals surface area contributed by atoms with Gasteiger partial charge in [-0.1, -0.05) is 24.6 Å². The number of anilines is 1. The van der Waals surface area contributed by atoms with Gasteiger partial charge < -0.3 is 14.8 Å². The van der Waals surface area contributed by atoms with Crippen molar-refractivity contribution >= 4 is 11.6 Å². The molecule has 2 aliphatic rings. The van der Waals surface area contributed by atoms with Gasteiger partial charge in [0.25, 0.3) is 0 Å². The molecule has 1 aromatic heterocycles. The molecule has 0 atom stereocenters. The lowest BCUT2D eigenvalue weighted by molar-refractivity contribution is 0.594. The van der Waals surface area contributed by atoms with Gasteiger partial charge in [0.05, 0.1) is 0 Å². The minimum atomic E-state index is 0.896. The SMILES string of the molecule is CN=C(NCCCc1nnc2n1CCCCC2)N1CCc2ccccc21. The second-order valence-corrected chi connectivity index (χ2v) is 7.10. The molecule has 3 heterocycles. The van der Waals surface area contributed by atoms with Crippen LogP contribution in [0.2, 0.25) is 0 Å². The molecule has 1 aromatic carbocycles. The van der Waals surface area contributed by atoms with E-state index in [9.17, 15) is 0 Å². The fraction of sp³-hybridized carbons (Fsp3) is 0.550. The number of guanidine groups is 1. The Morgan fingerprint density at radius 2 is 2.04 bits per heavy atom. The Balaban J connectivity index is 1.31. The Labute approximate surface area is 155 Å². The fourth-order valence-electron chi connectivity index (χ4n) is 4.03. The predicted molar refractivity (Wildman–Crippen MR) is 105 cm³/mol.